The molecule has 0 unspecified atom stereocenters. The van der Waals surface area contributed by atoms with Crippen LogP contribution in [0, 0.1) is 11.3 Å². The average Bonchev–Trinajstić information content (AvgIpc) is 2.79. The number of methoxy groups -OCH3 is 1. The number of fused-ring (bicyclic) bond motifs is 2. The topological polar surface area (TPSA) is 99.4 Å². The highest BCUT2D eigenvalue weighted by Crippen LogP contribution is 2.55. The first-order chi connectivity index (χ1) is 16.9. The molecule has 4 atom stereocenters. The molecule has 1 heterocycles. The molecule has 6 nitrogen and oxygen atoms in total. The maximum absolute atomic E-state index is 10.7. The summed E-state index contributed by atoms with van der Waals surface area (Å²) in [5.74, 6) is 1.40. The van der Waals surface area contributed by atoms with Crippen molar-refractivity contribution in [2.24, 2.45) is 11.3 Å². The molecule has 0 amide bonds. The molecule has 4 rings (SSSR count). The summed E-state index contributed by atoms with van der Waals surface area (Å²) in [5, 5.41) is 42.1. The lowest BCUT2D eigenvalue weighted by Crippen LogP contribution is -2.63. The molecular formula is C30H38O6. The summed E-state index contributed by atoms with van der Waals surface area (Å²) in [6.07, 6.45) is 5.53. The Balaban J connectivity index is 1.66. The Hall–Kier alpha value is -2.96. The van der Waals surface area contributed by atoms with Gasteiger partial charge in [0.25, 0.3) is 0 Å². The maximum Gasteiger partial charge on any atom is 0.165 e. The fraction of sp³-hybridized carbons (Fsp3) is 0.467. The SMILES string of the molecule is COc1cc(C=Cc2cc(O)c(CC=C(C)C)c(O)c2)cc2c1O[C@]1(C)C[C@@H](O)[C@@H](O)C(C)(C)[C@H]1C2. The molecule has 2 aliphatic rings. The van der Waals surface area contributed by atoms with Crippen molar-refractivity contribution in [2.45, 2.75) is 71.7 Å². The predicted octanol–water partition coefficient (Wildman–Crippen LogP) is 5.25. The van der Waals surface area contributed by atoms with E-state index in [9.17, 15) is 20.4 Å². The van der Waals surface area contributed by atoms with E-state index in [4.69, 9.17) is 9.47 Å². The van der Waals surface area contributed by atoms with Crippen LogP contribution >= 0.6 is 0 Å². The van der Waals surface area contributed by atoms with Gasteiger partial charge in [-0.25, -0.2) is 0 Å². The van der Waals surface area contributed by atoms with Crippen molar-refractivity contribution < 1.29 is 29.9 Å². The summed E-state index contributed by atoms with van der Waals surface area (Å²) in [5.41, 5.74) is 3.01. The van der Waals surface area contributed by atoms with Crippen LogP contribution in [-0.2, 0) is 12.8 Å². The standard InChI is InChI=1S/C30H38O6/c1-17(2)7-10-21-22(31)12-19(13-23(21)32)9-8-18-11-20-15-26-29(3,4)28(34)24(33)16-30(26,5)36-27(20)25(14-18)35-6/h7-9,11-14,24,26,28,31-34H,10,15-16H2,1-6H3/t24-,26-,28-,30-/m1/s1. The van der Waals surface area contributed by atoms with E-state index in [1.165, 1.54) is 0 Å². The van der Waals surface area contributed by atoms with Gasteiger partial charge in [0, 0.05) is 23.3 Å². The fourth-order valence-electron chi connectivity index (χ4n) is 5.87. The van der Waals surface area contributed by atoms with Crippen LogP contribution in [0.25, 0.3) is 12.2 Å². The Bertz CT molecular complexity index is 1180. The average molecular weight is 495 g/mol. The largest absolute Gasteiger partial charge is 0.507 e. The minimum atomic E-state index is -0.850. The summed E-state index contributed by atoms with van der Waals surface area (Å²) in [7, 11) is 1.60. The molecule has 194 valence electrons. The molecule has 4 N–H and O–H groups in total. The van der Waals surface area contributed by atoms with E-state index in [0.717, 1.165) is 16.7 Å². The molecule has 1 aliphatic heterocycles. The number of hydrogen-bond donors (Lipinski definition) is 4. The molecule has 2 aromatic carbocycles. The molecule has 6 heteroatoms. The van der Waals surface area contributed by atoms with Gasteiger partial charge in [0.2, 0.25) is 0 Å². The molecule has 1 saturated carbocycles. The molecule has 2 aromatic rings. The van der Waals surface area contributed by atoms with Gasteiger partial charge in [-0.1, -0.05) is 37.6 Å². The second kappa shape index (κ2) is 9.49. The Kier molecular flexibility index (Phi) is 6.88. The summed E-state index contributed by atoms with van der Waals surface area (Å²) in [6, 6.07) is 7.23. The van der Waals surface area contributed by atoms with Gasteiger partial charge in [0.05, 0.1) is 19.3 Å². The van der Waals surface area contributed by atoms with Gasteiger partial charge in [-0.05, 0) is 74.6 Å². The number of phenols is 2. The molecule has 0 radical (unpaired) electrons. The number of rotatable bonds is 5. The normalized spacial score (nSPS) is 26.6. The Morgan fingerprint density at radius 3 is 2.22 bits per heavy atom. The number of allylic oxidation sites excluding steroid dienone is 2. The molecule has 0 bridgehead atoms. The number of phenolic OH excluding ortho intramolecular Hbond substituents is 2. The first-order valence-electron chi connectivity index (χ1n) is 12.5. The number of ether oxygens (including phenoxy) is 2. The van der Waals surface area contributed by atoms with Gasteiger partial charge in [0.15, 0.2) is 11.5 Å². The smallest absolute Gasteiger partial charge is 0.165 e. The van der Waals surface area contributed by atoms with E-state index in [0.29, 0.717) is 41.9 Å². The monoisotopic (exact) mass is 494 g/mol. The zero-order valence-electron chi connectivity index (χ0n) is 22.0. The third kappa shape index (κ3) is 4.72. The van der Waals surface area contributed by atoms with Gasteiger partial charge in [-0.2, -0.15) is 0 Å². The number of hydrogen-bond acceptors (Lipinski definition) is 6. The molecule has 0 spiro atoms. The molecule has 0 saturated heterocycles. The van der Waals surface area contributed by atoms with Crippen LogP contribution in [0.15, 0.2) is 35.9 Å². The second-order valence-electron chi connectivity index (χ2n) is 11.3. The third-order valence-corrected chi connectivity index (χ3v) is 7.92. The maximum atomic E-state index is 10.7. The van der Waals surface area contributed by atoms with Crippen LogP contribution in [0.2, 0.25) is 0 Å². The van der Waals surface area contributed by atoms with Crippen molar-refractivity contribution in [3.8, 4) is 23.0 Å². The van der Waals surface area contributed by atoms with Crippen molar-refractivity contribution >= 4 is 12.2 Å². The summed E-state index contributed by atoms with van der Waals surface area (Å²) < 4.78 is 12.2. The number of benzene rings is 2. The highest BCUT2D eigenvalue weighted by atomic mass is 16.5. The Morgan fingerprint density at radius 1 is 1.03 bits per heavy atom. The molecule has 1 aliphatic carbocycles. The van der Waals surface area contributed by atoms with Gasteiger partial charge in [-0.15, -0.1) is 0 Å². The first kappa shape index (κ1) is 26.1. The van der Waals surface area contributed by atoms with Crippen molar-refractivity contribution in [3.05, 3.63) is 58.2 Å². The summed E-state index contributed by atoms with van der Waals surface area (Å²) in [4.78, 5) is 0. The number of aromatic hydroxyl groups is 2. The lowest BCUT2D eigenvalue weighted by Gasteiger charge is -2.56. The zero-order chi connectivity index (χ0) is 26.4. The van der Waals surface area contributed by atoms with Crippen LogP contribution in [0.4, 0.5) is 0 Å². The van der Waals surface area contributed by atoms with Crippen molar-refractivity contribution in [1.29, 1.82) is 0 Å². The van der Waals surface area contributed by atoms with E-state index in [1.807, 2.05) is 65.0 Å². The van der Waals surface area contributed by atoms with Crippen molar-refractivity contribution in [2.75, 3.05) is 7.11 Å². The van der Waals surface area contributed by atoms with Crippen LogP contribution in [0.1, 0.15) is 63.3 Å². The van der Waals surface area contributed by atoms with Crippen LogP contribution in [-0.4, -0.2) is 45.3 Å². The van der Waals surface area contributed by atoms with Gasteiger partial charge >= 0.3 is 0 Å². The van der Waals surface area contributed by atoms with Gasteiger partial charge < -0.3 is 29.9 Å². The Morgan fingerprint density at radius 2 is 1.64 bits per heavy atom. The molecule has 1 fully saturated rings. The number of aliphatic hydroxyl groups is 2. The second-order valence-corrected chi connectivity index (χ2v) is 11.3. The lowest BCUT2D eigenvalue weighted by molar-refractivity contribution is -0.187. The third-order valence-electron chi connectivity index (χ3n) is 7.92. The van der Waals surface area contributed by atoms with E-state index in [1.54, 1.807) is 19.2 Å². The van der Waals surface area contributed by atoms with Crippen LogP contribution < -0.4 is 9.47 Å². The Labute approximate surface area is 213 Å². The van der Waals surface area contributed by atoms with Crippen molar-refractivity contribution in [1.82, 2.24) is 0 Å². The first-order valence-corrected chi connectivity index (χ1v) is 12.5. The van der Waals surface area contributed by atoms with Crippen LogP contribution in [0.3, 0.4) is 0 Å². The predicted molar refractivity (Wildman–Crippen MR) is 141 cm³/mol. The molecule has 0 aromatic heterocycles. The van der Waals surface area contributed by atoms with E-state index in [-0.39, 0.29) is 17.4 Å². The number of aliphatic hydroxyl groups excluding tert-OH is 2. The summed E-state index contributed by atoms with van der Waals surface area (Å²) >= 11 is 0. The quantitative estimate of drug-likeness (QED) is 0.335. The molecular weight excluding hydrogens is 456 g/mol. The fourth-order valence-corrected chi connectivity index (χ4v) is 5.87. The van der Waals surface area contributed by atoms with Crippen molar-refractivity contribution in [3.63, 3.8) is 0 Å². The van der Waals surface area contributed by atoms with E-state index < -0.39 is 23.2 Å². The van der Waals surface area contributed by atoms with E-state index >= 15 is 0 Å². The highest BCUT2D eigenvalue weighted by molar-refractivity contribution is 5.73. The van der Waals surface area contributed by atoms with E-state index in [2.05, 4.69) is 0 Å². The lowest BCUT2D eigenvalue weighted by atomic mass is 9.57. The van der Waals surface area contributed by atoms with Gasteiger partial charge in [0.1, 0.15) is 17.1 Å². The minimum absolute atomic E-state index is 0.00193. The highest BCUT2D eigenvalue weighted by Gasteiger charge is 2.58. The zero-order valence-corrected chi connectivity index (χ0v) is 22.0. The summed E-state index contributed by atoms with van der Waals surface area (Å²) in [6.45, 7) is 9.93. The van der Waals surface area contributed by atoms with Gasteiger partial charge in [-0.3, -0.25) is 0 Å². The molecule has 36 heavy (non-hydrogen) atoms. The minimum Gasteiger partial charge on any atom is -0.507 e. The van der Waals surface area contributed by atoms with Crippen LogP contribution in [0.5, 0.6) is 23.0 Å².